The maximum atomic E-state index is 12.5. The zero-order valence-corrected chi connectivity index (χ0v) is 5.91. The monoisotopic (exact) mass is 165 g/mol. The molecule has 12 heavy (non-hydrogen) atoms. The van der Waals surface area contributed by atoms with Crippen molar-refractivity contribution < 1.29 is 14.3 Å². The molecule has 0 fully saturated rings. The smallest absolute Gasteiger partial charge is 0.155 e. The van der Waals surface area contributed by atoms with Crippen LogP contribution in [-0.2, 0) is 0 Å². The highest BCUT2D eigenvalue weighted by Crippen LogP contribution is 2.20. The highest BCUT2D eigenvalue weighted by atomic mass is 19.1. The van der Waals surface area contributed by atoms with Crippen molar-refractivity contribution in [3.63, 3.8) is 0 Å². The number of phenols is 1. The molecule has 0 aliphatic rings. The van der Waals surface area contributed by atoms with Crippen molar-refractivity contribution in [2.75, 3.05) is 0 Å². The number of carbonyl (C=O) groups is 1. The number of carbonyl (C=O) groups excluding carboxylic acids is 1. The SMILES string of the molecule is N#Cc1cc(F)cc(O)c1C=O. The molecule has 0 aliphatic heterocycles. The second kappa shape index (κ2) is 3.01. The standard InChI is InChI=1S/C8H4FNO2/c9-6-1-5(3-10)7(4-11)8(12)2-6/h1-2,4,12H. The van der Waals surface area contributed by atoms with Crippen LogP contribution in [-0.4, -0.2) is 11.4 Å². The van der Waals surface area contributed by atoms with E-state index in [4.69, 9.17) is 10.4 Å². The van der Waals surface area contributed by atoms with E-state index in [0.717, 1.165) is 12.1 Å². The van der Waals surface area contributed by atoms with E-state index in [1.54, 1.807) is 6.07 Å². The first-order valence-corrected chi connectivity index (χ1v) is 3.07. The molecular formula is C8H4FNO2. The summed E-state index contributed by atoms with van der Waals surface area (Å²) in [5.41, 5.74) is -0.346. The Morgan fingerprint density at radius 3 is 2.75 bits per heavy atom. The fourth-order valence-corrected chi connectivity index (χ4v) is 0.820. The van der Waals surface area contributed by atoms with E-state index in [-0.39, 0.29) is 11.1 Å². The third-order valence-electron chi connectivity index (χ3n) is 1.36. The fraction of sp³-hybridized carbons (Fsp3) is 0. The average molecular weight is 165 g/mol. The molecule has 0 spiro atoms. The van der Waals surface area contributed by atoms with Gasteiger partial charge in [-0.15, -0.1) is 0 Å². The van der Waals surface area contributed by atoms with Crippen LogP contribution in [0.15, 0.2) is 12.1 Å². The van der Waals surface area contributed by atoms with Gasteiger partial charge in [-0.3, -0.25) is 4.79 Å². The number of hydrogen-bond acceptors (Lipinski definition) is 3. The number of aldehydes is 1. The van der Waals surface area contributed by atoms with Crippen LogP contribution in [0.25, 0.3) is 0 Å². The predicted molar refractivity (Wildman–Crippen MR) is 38.2 cm³/mol. The lowest BCUT2D eigenvalue weighted by atomic mass is 10.1. The Hall–Kier alpha value is -1.89. The molecule has 1 N–H and O–H groups in total. The first-order valence-electron chi connectivity index (χ1n) is 3.07. The largest absolute Gasteiger partial charge is 0.507 e. The summed E-state index contributed by atoms with van der Waals surface area (Å²) in [5, 5.41) is 17.4. The Kier molecular flexibility index (Phi) is 2.06. The van der Waals surface area contributed by atoms with Gasteiger partial charge in [0.1, 0.15) is 17.6 Å². The number of rotatable bonds is 1. The molecule has 0 amide bonds. The Morgan fingerprint density at radius 2 is 2.25 bits per heavy atom. The molecule has 4 heteroatoms. The van der Waals surface area contributed by atoms with Crippen molar-refractivity contribution in [1.29, 1.82) is 5.26 Å². The van der Waals surface area contributed by atoms with E-state index < -0.39 is 11.6 Å². The number of nitrogens with zero attached hydrogens (tertiary/aromatic N) is 1. The molecule has 0 aromatic heterocycles. The Bertz CT molecular complexity index is 368. The summed E-state index contributed by atoms with van der Waals surface area (Å²) < 4.78 is 12.5. The van der Waals surface area contributed by atoms with Crippen molar-refractivity contribution >= 4 is 6.29 Å². The lowest BCUT2D eigenvalue weighted by Crippen LogP contribution is -1.89. The number of phenolic OH excluding ortho intramolecular Hbond substituents is 1. The van der Waals surface area contributed by atoms with Crippen LogP contribution in [0, 0.1) is 17.1 Å². The zero-order valence-electron chi connectivity index (χ0n) is 5.91. The van der Waals surface area contributed by atoms with E-state index >= 15 is 0 Å². The quantitative estimate of drug-likeness (QED) is 0.636. The van der Waals surface area contributed by atoms with Crippen LogP contribution in [0.1, 0.15) is 15.9 Å². The van der Waals surface area contributed by atoms with Gasteiger partial charge in [-0.1, -0.05) is 0 Å². The van der Waals surface area contributed by atoms with E-state index in [2.05, 4.69) is 0 Å². The van der Waals surface area contributed by atoms with Gasteiger partial charge in [0.2, 0.25) is 0 Å². The van der Waals surface area contributed by atoms with Crippen LogP contribution in [0.5, 0.6) is 5.75 Å². The van der Waals surface area contributed by atoms with Gasteiger partial charge >= 0.3 is 0 Å². The van der Waals surface area contributed by atoms with E-state index in [1.807, 2.05) is 0 Å². The third-order valence-corrected chi connectivity index (χ3v) is 1.36. The molecule has 3 nitrogen and oxygen atoms in total. The molecule has 0 aliphatic carbocycles. The molecule has 0 heterocycles. The highest BCUT2D eigenvalue weighted by molar-refractivity contribution is 5.83. The number of benzene rings is 1. The Labute approximate surface area is 67.7 Å². The van der Waals surface area contributed by atoms with E-state index in [9.17, 15) is 9.18 Å². The summed E-state index contributed by atoms with van der Waals surface area (Å²) in [6.45, 7) is 0. The van der Waals surface area contributed by atoms with Crippen LogP contribution in [0.3, 0.4) is 0 Å². The van der Waals surface area contributed by atoms with Gasteiger partial charge < -0.3 is 5.11 Å². The van der Waals surface area contributed by atoms with Gasteiger partial charge in [0, 0.05) is 6.07 Å². The minimum Gasteiger partial charge on any atom is -0.507 e. The van der Waals surface area contributed by atoms with Crippen molar-refractivity contribution in [2.45, 2.75) is 0 Å². The van der Waals surface area contributed by atoms with Crippen LogP contribution in [0.2, 0.25) is 0 Å². The summed E-state index contributed by atoms with van der Waals surface area (Å²) in [6.07, 6.45) is 0.313. The molecule has 60 valence electrons. The first-order chi connectivity index (χ1) is 5.69. The van der Waals surface area contributed by atoms with E-state index in [1.165, 1.54) is 0 Å². The number of aromatic hydroxyl groups is 1. The molecule has 0 unspecified atom stereocenters. The van der Waals surface area contributed by atoms with Gasteiger partial charge in [-0.05, 0) is 6.07 Å². The summed E-state index contributed by atoms with van der Waals surface area (Å²) in [6, 6.07) is 3.27. The topological polar surface area (TPSA) is 61.1 Å². The molecule has 0 atom stereocenters. The van der Waals surface area contributed by atoms with Crippen LogP contribution >= 0.6 is 0 Å². The Morgan fingerprint density at radius 1 is 1.58 bits per heavy atom. The summed E-state index contributed by atoms with van der Waals surface area (Å²) in [7, 11) is 0. The Balaban J connectivity index is 3.46. The number of nitriles is 1. The van der Waals surface area contributed by atoms with Gasteiger partial charge in [-0.2, -0.15) is 5.26 Å². The normalized spacial score (nSPS) is 9.00. The minimum absolute atomic E-state index is 0.164. The molecule has 0 radical (unpaired) electrons. The summed E-state index contributed by atoms with van der Waals surface area (Å²) in [5.74, 6) is -1.25. The third kappa shape index (κ3) is 1.25. The highest BCUT2D eigenvalue weighted by Gasteiger charge is 2.08. The number of hydrogen-bond donors (Lipinski definition) is 1. The molecule has 1 aromatic rings. The summed E-state index contributed by atoms with van der Waals surface area (Å²) >= 11 is 0. The van der Waals surface area contributed by atoms with Crippen molar-refractivity contribution in [3.05, 3.63) is 29.1 Å². The van der Waals surface area contributed by atoms with Crippen LogP contribution < -0.4 is 0 Å². The number of halogens is 1. The summed E-state index contributed by atoms with van der Waals surface area (Å²) in [4.78, 5) is 10.3. The molecular weight excluding hydrogens is 161 g/mol. The average Bonchev–Trinajstić information content (AvgIpc) is 2.03. The maximum absolute atomic E-state index is 12.5. The predicted octanol–water partition coefficient (Wildman–Crippen LogP) is 1.22. The molecule has 0 bridgehead atoms. The lowest BCUT2D eigenvalue weighted by molar-refractivity contribution is 0.112. The van der Waals surface area contributed by atoms with Crippen LogP contribution in [0.4, 0.5) is 4.39 Å². The van der Waals surface area contributed by atoms with Crippen molar-refractivity contribution in [2.24, 2.45) is 0 Å². The van der Waals surface area contributed by atoms with Gasteiger partial charge in [-0.25, -0.2) is 4.39 Å². The first kappa shape index (κ1) is 8.21. The van der Waals surface area contributed by atoms with E-state index in [0.29, 0.717) is 6.29 Å². The maximum Gasteiger partial charge on any atom is 0.155 e. The van der Waals surface area contributed by atoms with Gasteiger partial charge in [0.05, 0.1) is 11.1 Å². The minimum atomic E-state index is -0.741. The van der Waals surface area contributed by atoms with Gasteiger partial charge in [0.25, 0.3) is 0 Å². The molecule has 0 saturated carbocycles. The molecule has 1 aromatic carbocycles. The van der Waals surface area contributed by atoms with Gasteiger partial charge in [0.15, 0.2) is 6.29 Å². The lowest BCUT2D eigenvalue weighted by Gasteiger charge is -1.98. The second-order valence-corrected chi connectivity index (χ2v) is 2.12. The molecule has 0 saturated heterocycles. The van der Waals surface area contributed by atoms with Crippen molar-refractivity contribution in [1.82, 2.24) is 0 Å². The second-order valence-electron chi connectivity index (χ2n) is 2.12. The fourth-order valence-electron chi connectivity index (χ4n) is 0.820. The molecule has 1 rings (SSSR count). The zero-order chi connectivity index (χ0) is 9.14. The van der Waals surface area contributed by atoms with Crippen molar-refractivity contribution in [3.8, 4) is 11.8 Å².